The van der Waals surface area contributed by atoms with Gasteiger partial charge in [0.05, 0.1) is 0 Å². The fourth-order valence-corrected chi connectivity index (χ4v) is 3.14. The number of benzene rings is 2. The van der Waals surface area contributed by atoms with Crippen LogP contribution in [0.2, 0.25) is 0 Å². The molecule has 2 aromatic rings. The van der Waals surface area contributed by atoms with Crippen molar-refractivity contribution in [2.45, 2.75) is 12.8 Å². The van der Waals surface area contributed by atoms with Gasteiger partial charge in [0.15, 0.2) is 0 Å². The van der Waals surface area contributed by atoms with E-state index in [1.165, 1.54) is 5.56 Å². The minimum absolute atomic E-state index is 0.0262. The van der Waals surface area contributed by atoms with E-state index in [0.717, 1.165) is 30.5 Å². The van der Waals surface area contributed by atoms with Crippen LogP contribution in [0.4, 0.5) is 0 Å². The van der Waals surface area contributed by atoms with E-state index in [4.69, 9.17) is 0 Å². The summed E-state index contributed by atoms with van der Waals surface area (Å²) < 4.78 is 0. The molecule has 3 heteroatoms. The van der Waals surface area contributed by atoms with Crippen molar-refractivity contribution in [2.75, 3.05) is 19.7 Å². The Labute approximate surface area is 143 Å². The average molecular weight is 321 g/mol. The monoisotopic (exact) mass is 321 g/mol. The highest BCUT2D eigenvalue weighted by atomic mass is 16.3. The van der Waals surface area contributed by atoms with Crippen LogP contribution in [-0.2, 0) is 4.79 Å². The fraction of sp³-hybridized carbons (Fsp3) is 0.286. The highest BCUT2D eigenvalue weighted by molar-refractivity contribution is 5.92. The van der Waals surface area contributed by atoms with E-state index in [0.29, 0.717) is 6.54 Å². The van der Waals surface area contributed by atoms with Crippen LogP contribution in [0.3, 0.4) is 0 Å². The summed E-state index contributed by atoms with van der Waals surface area (Å²) in [6.07, 6.45) is 5.48. The first-order valence-electron chi connectivity index (χ1n) is 8.49. The topological polar surface area (TPSA) is 40.5 Å². The zero-order valence-electron chi connectivity index (χ0n) is 13.8. The van der Waals surface area contributed by atoms with E-state index < -0.39 is 0 Å². The zero-order chi connectivity index (χ0) is 16.8. The molecule has 0 spiro atoms. The molecule has 1 heterocycles. The van der Waals surface area contributed by atoms with Gasteiger partial charge in [0.1, 0.15) is 0 Å². The molecule has 1 aliphatic heterocycles. The van der Waals surface area contributed by atoms with Crippen LogP contribution in [0.25, 0.3) is 17.2 Å². The summed E-state index contributed by atoms with van der Waals surface area (Å²) in [6, 6.07) is 18.4. The average Bonchev–Trinajstić information content (AvgIpc) is 2.67. The Morgan fingerprint density at radius 2 is 1.92 bits per heavy atom. The summed E-state index contributed by atoms with van der Waals surface area (Å²) in [5, 5.41) is 9.28. The van der Waals surface area contributed by atoms with Crippen molar-refractivity contribution < 1.29 is 9.90 Å². The third-order valence-electron chi connectivity index (χ3n) is 4.50. The quantitative estimate of drug-likeness (QED) is 0.874. The first-order valence-corrected chi connectivity index (χ1v) is 8.49. The first kappa shape index (κ1) is 16.5. The van der Waals surface area contributed by atoms with Crippen LogP contribution in [0.1, 0.15) is 18.4 Å². The summed E-state index contributed by atoms with van der Waals surface area (Å²) >= 11 is 0. The molecule has 1 unspecified atom stereocenters. The van der Waals surface area contributed by atoms with Gasteiger partial charge >= 0.3 is 0 Å². The van der Waals surface area contributed by atoms with E-state index in [1.807, 2.05) is 41.3 Å². The molecule has 124 valence electrons. The Morgan fingerprint density at radius 1 is 1.12 bits per heavy atom. The number of aliphatic hydroxyl groups excluding tert-OH is 1. The van der Waals surface area contributed by atoms with E-state index in [9.17, 15) is 9.90 Å². The second-order valence-corrected chi connectivity index (χ2v) is 6.30. The Hall–Kier alpha value is -2.39. The van der Waals surface area contributed by atoms with Crippen LogP contribution in [0.15, 0.2) is 60.7 Å². The third-order valence-corrected chi connectivity index (χ3v) is 4.50. The number of carbonyl (C=O) groups is 1. The maximum Gasteiger partial charge on any atom is 0.246 e. The molecule has 0 aromatic heterocycles. The molecule has 2 aromatic carbocycles. The van der Waals surface area contributed by atoms with E-state index >= 15 is 0 Å². The summed E-state index contributed by atoms with van der Waals surface area (Å²) in [5.74, 6) is 0.246. The Morgan fingerprint density at radius 3 is 2.71 bits per heavy atom. The first-order chi connectivity index (χ1) is 11.8. The Balaban J connectivity index is 1.69. The van der Waals surface area contributed by atoms with Gasteiger partial charge in [0.25, 0.3) is 0 Å². The van der Waals surface area contributed by atoms with Gasteiger partial charge < -0.3 is 10.0 Å². The number of piperidine rings is 1. The predicted molar refractivity (Wildman–Crippen MR) is 97.3 cm³/mol. The molecule has 24 heavy (non-hydrogen) atoms. The number of likely N-dealkylation sites (tertiary alicyclic amines) is 1. The lowest BCUT2D eigenvalue weighted by atomic mass is 9.99. The lowest BCUT2D eigenvalue weighted by Gasteiger charge is -2.31. The van der Waals surface area contributed by atoms with Gasteiger partial charge in [-0.3, -0.25) is 4.79 Å². The number of aliphatic hydroxyl groups is 1. The number of hydrogen-bond acceptors (Lipinski definition) is 2. The molecular weight excluding hydrogens is 298 g/mol. The Bertz CT molecular complexity index is 709. The van der Waals surface area contributed by atoms with Gasteiger partial charge in [-0.25, -0.2) is 0 Å². The smallest absolute Gasteiger partial charge is 0.246 e. The van der Waals surface area contributed by atoms with Crippen LogP contribution in [0, 0.1) is 5.92 Å². The lowest BCUT2D eigenvalue weighted by Crippen LogP contribution is -2.40. The second-order valence-electron chi connectivity index (χ2n) is 6.30. The van der Waals surface area contributed by atoms with Gasteiger partial charge in [-0.05, 0) is 47.6 Å². The van der Waals surface area contributed by atoms with E-state index in [1.54, 1.807) is 6.08 Å². The van der Waals surface area contributed by atoms with Crippen LogP contribution in [-0.4, -0.2) is 35.6 Å². The molecule has 0 saturated carbocycles. The molecule has 1 aliphatic rings. The van der Waals surface area contributed by atoms with Gasteiger partial charge in [-0.15, -0.1) is 0 Å². The molecule has 1 fully saturated rings. The molecule has 0 bridgehead atoms. The van der Waals surface area contributed by atoms with Gasteiger partial charge in [-0.2, -0.15) is 0 Å². The van der Waals surface area contributed by atoms with Crippen molar-refractivity contribution in [1.29, 1.82) is 0 Å². The summed E-state index contributed by atoms with van der Waals surface area (Å²) in [4.78, 5) is 14.2. The number of carbonyl (C=O) groups excluding carboxylic acids is 1. The van der Waals surface area contributed by atoms with Crippen LogP contribution in [0.5, 0.6) is 0 Å². The molecule has 3 nitrogen and oxygen atoms in total. The van der Waals surface area contributed by atoms with E-state index in [-0.39, 0.29) is 18.4 Å². The van der Waals surface area contributed by atoms with Crippen LogP contribution < -0.4 is 0 Å². The van der Waals surface area contributed by atoms with Crippen molar-refractivity contribution in [3.05, 3.63) is 66.2 Å². The zero-order valence-corrected chi connectivity index (χ0v) is 13.8. The summed E-state index contributed by atoms with van der Waals surface area (Å²) in [5.41, 5.74) is 3.32. The van der Waals surface area contributed by atoms with Gasteiger partial charge in [0.2, 0.25) is 5.91 Å². The second kappa shape index (κ2) is 7.93. The minimum atomic E-state index is 0.0262. The molecule has 1 saturated heterocycles. The third kappa shape index (κ3) is 4.12. The SMILES string of the molecule is O=C(/C=C/c1cccc(-c2ccccc2)c1)N1CCCC(CO)C1. The van der Waals surface area contributed by atoms with Gasteiger partial charge in [-0.1, -0.05) is 48.5 Å². The highest BCUT2D eigenvalue weighted by Crippen LogP contribution is 2.21. The maximum absolute atomic E-state index is 12.3. The minimum Gasteiger partial charge on any atom is -0.396 e. The summed E-state index contributed by atoms with van der Waals surface area (Å²) in [6.45, 7) is 1.60. The summed E-state index contributed by atoms with van der Waals surface area (Å²) in [7, 11) is 0. The van der Waals surface area contributed by atoms with Gasteiger partial charge in [0, 0.05) is 25.8 Å². The number of hydrogen-bond donors (Lipinski definition) is 1. The Kier molecular flexibility index (Phi) is 5.44. The van der Waals surface area contributed by atoms with Crippen molar-refractivity contribution in [2.24, 2.45) is 5.92 Å². The highest BCUT2D eigenvalue weighted by Gasteiger charge is 2.21. The maximum atomic E-state index is 12.3. The number of amides is 1. The lowest BCUT2D eigenvalue weighted by molar-refractivity contribution is -0.127. The van der Waals surface area contributed by atoms with Crippen molar-refractivity contribution >= 4 is 12.0 Å². The van der Waals surface area contributed by atoms with Crippen LogP contribution >= 0.6 is 0 Å². The molecular formula is C21H23NO2. The molecule has 0 aliphatic carbocycles. The number of nitrogens with zero attached hydrogens (tertiary/aromatic N) is 1. The fourth-order valence-electron chi connectivity index (χ4n) is 3.14. The van der Waals surface area contributed by atoms with Crippen molar-refractivity contribution in [3.63, 3.8) is 0 Å². The largest absolute Gasteiger partial charge is 0.396 e. The predicted octanol–water partition coefficient (Wildman–Crippen LogP) is 3.60. The van der Waals surface area contributed by atoms with Crippen molar-refractivity contribution in [3.8, 4) is 11.1 Å². The molecule has 1 amide bonds. The molecule has 3 rings (SSSR count). The molecule has 1 N–H and O–H groups in total. The van der Waals surface area contributed by atoms with E-state index in [2.05, 4.69) is 24.3 Å². The normalized spacial score (nSPS) is 18.0. The van der Waals surface area contributed by atoms with Crippen molar-refractivity contribution in [1.82, 2.24) is 4.90 Å². The molecule has 1 atom stereocenters. The standard InChI is InChI=1S/C21H23NO2/c23-16-18-7-5-13-22(15-18)21(24)12-11-17-6-4-10-20(14-17)19-8-2-1-3-9-19/h1-4,6,8-12,14,18,23H,5,7,13,15-16H2/b12-11+. The number of rotatable bonds is 4. The molecule has 0 radical (unpaired) electrons.